The monoisotopic (exact) mass is 187 g/mol. The highest BCUT2D eigenvalue weighted by Gasteiger charge is 2.08. The van der Waals surface area contributed by atoms with Crippen LogP contribution < -0.4 is 5.48 Å². The molecule has 13 heavy (non-hydrogen) atoms. The van der Waals surface area contributed by atoms with Crippen molar-refractivity contribution in [2.75, 3.05) is 0 Å². The van der Waals surface area contributed by atoms with E-state index in [1.165, 1.54) is 6.92 Å². The van der Waals surface area contributed by atoms with Crippen LogP contribution in [0.25, 0.3) is 0 Å². The van der Waals surface area contributed by atoms with Crippen LogP contribution in [0.2, 0.25) is 0 Å². The topological polar surface area (TPSA) is 86.6 Å². The molecule has 0 fully saturated rings. The van der Waals surface area contributed by atoms with Crippen LogP contribution in [0.15, 0.2) is 11.6 Å². The van der Waals surface area contributed by atoms with Gasteiger partial charge in [0.25, 0.3) is 0 Å². The van der Waals surface area contributed by atoms with Crippen molar-refractivity contribution in [3.8, 4) is 0 Å². The average molecular weight is 187 g/mol. The molecule has 5 heteroatoms. The standard InChI is InChI=1S/C8H13NO4/c1-5(8(11)12)3-7(10)4-6(2)9-13/h3,6,9,13H,4H2,1-2H3,(H,11,12). The fraction of sp³-hybridized carbons (Fsp3) is 0.500. The number of hydrogen-bond acceptors (Lipinski definition) is 4. The number of hydrogen-bond donors (Lipinski definition) is 3. The maximum atomic E-state index is 11.0. The van der Waals surface area contributed by atoms with Gasteiger partial charge in [0.15, 0.2) is 5.78 Å². The van der Waals surface area contributed by atoms with Crippen LogP contribution in [0.3, 0.4) is 0 Å². The van der Waals surface area contributed by atoms with Gasteiger partial charge in [-0.25, -0.2) is 10.3 Å². The molecule has 0 aliphatic carbocycles. The predicted octanol–water partition coefficient (Wildman–Crippen LogP) is 0.344. The van der Waals surface area contributed by atoms with Gasteiger partial charge in [-0.2, -0.15) is 0 Å². The molecule has 0 heterocycles. The minimum atomic E-state index is -1.11. The third kappa shape index (κ3) is 5.10. The van der Waals surface area contributed by atoms with Gasteiger partial charge in [0, 0.05) is 18.0 Å². The minimum Gasteiger partial charge on any atom is -0.478 e. The molecule has 74 valence electrons. The maximum absolute atomic E-state index is 11.0. The Kier molecular flexibility index (Phi) is 4.94. The van der Waals surface area contributed by atoms with E-state index in [1.54, 1.807) is 6.92 Å². The Labute approximate surface area is 76.0 Å². The van der Waals surface area contributed by atoms with Gasteiger partial charge in [0.1, 0.15) is 0 Å². The number of allylic oxidation sites excluding steroid dienone is 1. The van der Waals surface area contributed by atoms with Gasteiger partial charge in [0.2, 0.25) is 0 Å². The van der Waals surface area contributed by atoms with Gasteiger partial charge in [-0.05, 0) is 19.9 Å². The van der Waals surface area contributed by atoms with Crippen LogP contribution in [-0.2, 0) is 9.59 Å². The van der Waals surface area contributed by atoms with Crippen molar-refractivity contribution in [3.63, 3.8) is 0 Å². The Bertz CT molecular complexity index is 234. The van der Waals surface area contributed by atoms with Crippen LogP contribution in [0.1, 0.15) is 20.3 Å². The second-order valence-electron chi connectivity index (χ2n) is 2.83. The summed E-state index contributed by atoms with van der Waals surface area (Å²) in [6.07, 6.45) is 1.12. The first-order valence-corrected chi connectivity index (χ1v) is 3.81. The fourth-order valence-corrected chi connectivity index (χ4v) is 0.710. The lowest BCUT2D eigenvalue weighted by Gasteiger charge is -2.04. The number of nitrogens with one attached hydrogen (secondary N) is 1. The number of carbonyl (C=O) groups is 2. The first-order chi connectivity index (χ1) is 5.97. The lowest BCUT2D eigenvalue weighted by Crippen LogP contribution is -2.24. The van der Waals surface area contributed by atoms with E-state index in [9.17, 15) is 9.59 Å². The van der Waals surface area contributed by atoms with E-state index in [0.717, 1.165) is 6.08 Å². The minimum absolute atomic E-state index is 0.00450. The van der Waals surface area contributed by atoms with Gasteiger partial charge in [-0.1, -0.05) is 0 Å². The summed E-state index contributed by atoms with van der Waals surface area (Å²) in [5, 5.41) is 16.8. The highest BCUT2D eigenvalue weighted by atomic mass is 16.5. The Hall–Kier alpha value is -1.20. The Morgan fingerprint density at radius 1 is 1.54 bits per heavy atom. The average Bonchev–Trinajstić information content (AvgIpc) is 2.03. The maximum Gasteiger partial charge on any atom is 0.331 e. The summed E-state index contributed by atoms with van der Waals surface area (Å²) >= 11 is 0. The quantitative estimate of drug-likeness (QED) is 0.427. The molecular weight excluding hydrogens is 174 g/mol. The van der Waals surface area contributed by atoms with Crippen molar-refractivity contribution in [2.45, 2.75) is 26.3 Å². The van der Waals surface area contributed by atoms with Crippen molar-refractivity contribution >= 4 is 11.8 Å². The highest BCUT2D eigenvalue weighted by Crippen LogP contribution is 1.98. The van der Waals surface area contributed by atoms with Crippen molar-refractivity contribution in [2.24, 2.45) is 0 Å². The van der Waals surface area contributed by atoms with Crippen LogP contribution in [0, 0.1) is 0 Å². The molecule has 0 amide bonds. The summed E-state index contributed by atoms with van der Waals surface area (Å²) in [7, 11) is 0. The SMILES string of the molecule is CC(=CC(=O)CC(C)NO)C(=O)O. The first-order valence-electron chi connectivity index (χ1n) is 3.81. The highest BCUT2D eigenvalue weighted by molar-refractivity contribution is 5.98. The Balaban J connectivity index is 4.14. The van der Waals surface area contributed by atoms with Gasteiger partial charge in [-0.3, -0.25) is 4.79 Å². The lowest BCUT2D eigenvalue weighted by molar-refractivity contribution is -0.132. The molecule has 0 aromatic heterocycles. The fourth-order valence-electron chi connectivity index (χ4n) is 0.710. The molecule has 0 aromatic rings. The molecule has 0 aliphatic rings. The van der Waals surface area contributed by atoms with Crippen molar-refractivity contribution in [1.29, 1.82) is 0 Å². The molecule has 1 atom stereocenters. The first kappa shape index (κ1) is 11.8. The molecule has 0 saturated carbocycles. The molecular formula is C8H13NO4. The second-order valence-corrected chi connectivity index (χ2v) is 2.83. The van der Waals surface area contributed by atoms with Crippen molar-refractivity contribution < 1.29 is 19.9 Å². The normalized spacial score (nSPS) is 13.9. The zero-order valence-corrected chi connectivity index (χ0v) is 7.57. The molecule has 0 saturated heterocycles. The molecule has 1 unspecified atom stereocenters. The van der Waals surface area contributed by atoms with Crippen molar-refractivity contribution in [1.82, 2.24) is 5.48 Å². The van der Waals surface area contributed by atoms with Crippen molar-refractivity contribution in [3.05, 3.63) is 11.6 Å². The summed E-state index contributed by atoms with van der Waals surface area (Å²) in [4.78, 5) is 21.3. The van der Waals surface area contributed by atoms with Crippen LogP contribution >= 0.6 is 0 Å². The van der Waals surface area contributed by atoms with Crippen LogP contribution in [-0.4, -0.2) is 28.1 Å². The number of carbonyl (C=O) groups excluding carboxylic acids is 1. The molecule has 0 bridgehead atoms. The summed E-state index contributed by atoms with van der Waals surface area (Å²) in [6.45, 7) is 2.96. The smallest absolute Gasteiger partial charge is 0.331 e. The zero-order valence-electron chi connectivity index (χ0n) is 7.57. The Morgan fingerprint density at radius 2 is 2.08 bits per heavy atom. The van der Waals surface area contributed by atoms with E-state index < -0.39 is 5.97 Å². The number of ketones is 1. The summed E-state index contributed by atoms with van der Waals surface area (Å²) in [5.74, 6) is -1.44. The molecule has 0 aliphatic heterocycles. The number of carboxylic acids is 1. The predicted molar refractivity (Wildman–Crippen MR) is 45.4 cm³/mol. The molecule has 0 rings (SSSR count). The van der Waals surface area contributed by atoms with E-state index in [4.69, 9.17) is 10.3 Å². The van der Waals surface area contributed by atoms with Gasteiger partial charge >= 0.3 is 5.97 Å². The third-order valence-corrected chi connectivity index (χ3v) is 1.44. The number of carboxylic acid groups (broad SMARTS) is 1. The molecule has 0 radical (unpaired) electrons. The molecule has 3 N–H and O–H groups in total. The molecule has 0 spiro atoms. The number of aliphatic carboxylic acids is 1. The van der Waals surface area contributed by atoms with E-state index in [2.05, 4.69) is 0 Å². The van der Waals surface area contributed by atoms with Gasteiger partial charge < -0.3 is 10.3 Å². The third-order valence-electron chi connectivity index (χ3n) is 1.44. The summed E-state index contributed by atoms with van der Waals surface area (Å²) < 4.78 is 0. The summed E-state index contributed by atoms with van der Waals surface area (Å²) in [5.41, 5.74) is 1.90. The van der Waals surface area contributed by atoms with E-state index >= 15 is 0 Å². The van der Waals surface area contributed by atoms with Gasteiger partial charge in [-0.15, -0.1) is 0 Å². The van der Waals surface area contributed by atoms with E-state index in [0.29, 0.717) is 0 Å². The van der Waals surface area contributed by atoms with Crippen LogP contribution in [0.4, 0.5) is 0 Å². The molecule has 0 aromatic carbocycles. The van der Waals surface area contributed by atoms with E-state index in [1.807, 2.05) is 5.48 Å². The second kappa shape index (κ2) is 5.45. The summed E-state index contributed by atoms with van der Waals surface area (Å²) in [6, 6.07) is -0.370. The number of rotatable bonds is 5. The number of hydroxylamine groups is 1. The Morgan fingerprint density at radius 3 is 2.46 bits per heavy atom. The lowest BCUT2D eigenvalue weighted by atomic mass is 10.1. The zero-order chi connectivity index (χ0) is 10.4. The van der Waals surface area contributed by atoms with Crippen LogP contribution in [0.5, 0.6) is 0 Å². The van der Waals surface area contributed by atoms with Gasteiger partial charge in [0.05, 0.1) is 0 Å². The van der Waals surface area contributed by atoms with E-state index in [-0.39, 0.29) is 23.8 Å². The molecule has 5 nitrogen and oxygen atoms in total. The largest absolute Gasteiger partial charge is 0.478 e.